The van der Waals surface area contributed by atoms with Crippen molar-refractivity contribution in [2.45, 2.75) is 18.9 Å². The summed E-state index contributed by atoms with van der Waals surface area (Å²) in [6.45, 7) is 0. The first-order valence-corrected chi connectivity index (χ1v) is 9.42. The lowest BCUT2D eigenvalue weighted by molar-refractivity contribution is -0.145. The van der Waals surface area contributed by atoms with Crippen LogP contribution in [0.15, 0.2) is 72.8 Å². The third kappa shape index (κ3) is 5.29. The van der Waals surface area contributed by atoms with Crippen molar-refractivity contribution in [3.05, 3.63) is 95.6 Å². The van der Waals surface area contributed by atoms with E-state index in [4.69, 9.17) is 4.74 Å². The van der Waals surface area contributed by atoms with Gasteiger partial charge in [0.05, 0.1) is 13.5 Å². The zero-order chi connectivity index (χ0) is 21.5. The predicted molar refractivity (Wildman–Crippen MR) is 110 cm³/mol. The van der Waals surface area contributed by atoms with Crippen LogP contribution in [0.4, 0.5) is 8.78 Å². The van der Waals surface area contributed by atoms with E-state index in [0.29, 0.717) is 0 Å². The zero-order valence-corrected chi connectivity index (χ0v) is 16.4. The minimum atomic E-state index is -0.972. The molecule has 0 saturated heterocycles. The van der Waals surface area contributed by atoms with E-state index >= 15 is 0 Å². The van der Waals surface area contributed by atoms with Crippen LogP contribution >= 0.6 is 0 Å². The molecule has 154 valence electrons. The summed E-state index contributed by atoms with van der Waals surface area (Å²) in [5.41, 5.74) is 2.55. The van der Waals surface area contributed by atoms with E-state index in [-0.39, 0.29) is 12.0 Å². The summed E-state index contributed by atoms with van der Waals surface area (Å²) in [5.74, 6) is -2.92. The van der Waals surface area contributed by atoms with E-state index in [1.54, 1.807) is 0 Å². The van der Waals surface area contributed by atoms with Crippen LogP contribution < -0.4 is 5.32 Å². The molecule has 0 spiro atoms. The molecule has 0 aliphatic heterocycles. The maximum absolute atomic E-state index is 13.8. The van der Waals surface area contributed by atoms with Crippen LogP contribution in [0.5, 0.6) is 0 Å². The Hall–Kier alpha value is -3.54. The molecule has 1 amide bonds. The molecule has 0 fully saturated rings. The molecule has 1 N–H and O–H groups in total. The van der Waals surface area contributed by atoms with Crippen LogP contribution in [0.1, 0.15) is 11.1 Å². The van der Waals surface area contributed by atoms with Gasteiger partial charge in [0.15, 0.2) is 0 Å². The first-order chi connectivity index (χ1) is 14.5. The number of rotatable bonds is 7. The third-order valence-corrected chi connectivity index (χ3v) is 4.72. The molecule has 3 rings (SSSR count). The molecule has 0 unspecified atom stereocenters. The molecule has 0 radical (unpaired) electrons. The SMILES string of the molecule is COC(=O)[C@@H](Cc1ccc(-c2ccccc2)cc1)NC(=O)Cc1c(F)cccc1F. The summed E-state index contributed by atoms with van der Waals surface area (Å²) in [6, 6.07) is 19.8. The number of carbonyl (C=O) groups excluding carboxylic acids is 2. The lowest BCUT2D eigenvalue weighted by Crippen LogP contribution is -2.43. The van der Waals surface area contributed by atoms with Crippen molar-refractivity contribution in [3.63, 3.8) is 0 Å². The van der Waals surface area contributed by atoms with E-state index in [2.05, 4.69) is 5.32 Å². The molecule has 1 atom stereocenters. The van der Waals surface area contributed by atoms with Crippen LogP contribution in [0.2, 0.25) is 0 Å². The minimum absolute atomic E-state index is 0.188. The molecular formula is C24H21F2NO3. The van der Waals surface area contributed by atoms with Crippen molar-refractivity contribution >= 4 is 11.9 Å². The second-order valence-electron chi connectivity index (χ2n) is 6.79. The standard InChI is InChI=1S/C24H21F2NO3/c1-30-24(29)22(27-23(28)15-19-20(25)8-5-9-21(19)26)14-16-10-12-18(13-11-16)17-6-3-2-4-7-17/h2-13,22H,14-15H2,1H3,(H,27,28)/t22-/m1/s1. The number of esters is 1. The maximum Gasteiger partial charge on any atom is 0.328 e. The van der Waals surface area contributed by atoms with Gasteiger partial charge in [-0.1, -0.05) is 60.7 Å². The van der Waals surface area contributed by atoms with Crippen LogP contribution in [0.25, 0.3) is 11.1 Å². The molecule has 0 aliphatic carbocycles. The summed E-state index contributed by atoms with van der Waals surface area (Å²) in [6.07, 6.45) is -0.327. The molecule has 3 aromatic rings. The van der Waals surface area contributed by atoms with Gasteiger partial charge < -0.3 is 10.1 Å². The van der Waals surface area contributed by atoms with Gasteiger partial charge in [0.1, 0.15) is 17.7 Å². The predicted octanol–water partition coefficient (Wildman–Crippen LogP) is 4.07. The quantitative estimate of drug-likeness (QED) is 0.599. The molecule has 0 heterocycles. The number of nitrogens with one attached hydrogen (secondary N) is 1. The smallest absolute Gasteiger partial charge is 0.328 e. The Kier molecular flexibility index (Phi) is 6.91. The van der Waals surface area contributed by atoms with Gasteiger partial charge in [0.2, 0.25) is 5.91 Å². The van der Waals surface area contributed by atoms with E-state index < -0.39 is 36.0 Å². The van der Waals surface area contributed by atoms with Crippen molar-refractivity contribution in [1.29, 1.82) is 0 Å². The van der Waals surface area contributed by atoms with Crippen molar-refractivity contribution < 1.29 is 23.1 Å². The van der Waals surface area contributed by atoms with E-state index in [9.17, 15) is 18.4 Å². The number of benzene rings is 3. The fourth-order valence-electron chi connectivity index (χ4n) is 3.14. The van der Waals surface area contributed by atoms with E-state index in [1.807, 2.05) is 54.6 Å². The van der Waals surface area contributed by atoms with Gasteiger partial charge in [-0.2, -0.15) is 0 Å². The molecular weight excluding hydrogens is 388 g/mol. The molecule has 4 nitrogen and oxygen atoms in total. The average molecular weight is 409 g/mol. The van der Waals surface area contributed by atoms with Gasteiger partial charge in [-0.25, -0.2) is 13.6 Å². The zero-order valence-electron chi connectivity index (χ0n) is 16.4. The first-order valence-electron chi connectivity index (χ1n) is 9.42. The largest absolute Gasteiger partial charge is 0.467 e. The first kappa shape index (κ1) is 21.2. The molecule has 30 heavy (non-hydrogen) atoms. The van der Waals surface area contributed by atoms with Gasteiger partial charge in [0.25, 0.3) is 0 Å². The minimum Gasteiger partial charge on any atom is -0.467 e. The number of ether oxygens (including phenoxy) is 1. The summed E-state index contributed by atoms with van der Waals surface area (Å²) >= 11 is 0. The number of carbonyl (C=O) groups is 2. The second-order valence-corrected chi connectivity index (χ2v) is 6.79. The average Bonchev–Trinajstić information content (AvgIpc) is 2.76. The van der Waals surface area contributed by atoms with Crippen molar-refractivity contribution in [2.24, 2.45) is 0 Å². The third-order valence-electron chi connectivity index (χ3n) is 4.72. The second kappa shape index (κ2) is 9.78. The Morgan fingerprint density at radius 3 is 2.07 bits per heavy atom. The number of methoxy groups -OCH3 is 1. The Labute approximate surface area is 173 Å². The van der Waals surface area contributed by atoms with Gasteiger partial charge >= 0.3 is 5.97 Å². The van der Waals surface area contributed by atoms with Gasteiger partial charge in [0, 0.05) is 12.0 Å². The van der Waals surface area contributed by atoms with Crippen molar-refractivity contribution in [3.8, 4) is 11.1 Å². The number of halogens is 2. The number of hydrogen-bond acceptors (Lipinski definition) is 3. The van der Waals surface area contributed by atoms with Crippen LogP contribution in [-0.4, -0.2) is 25.0 Å². The summed E-state index contributed by atoms with van der Waals surface area (Å²) in [7, 11) is 1.22. The van der Waals surface area contributed by atoms with Crippen LogP contribution in [0.3, 0.4) is 0 Å². The van der Waals surface area contributed by atoms with Crippen molar-refractivity contribution in [1.82, 2.24) is 5.32 Å². The molecule has 0 aromatic heterocycles. The molecule has 0 bridgehead atoms. The van der Waals surface area contributed by atoms with Crippen molar-refractivity contribution in [2.75, 3.05) is 7.11 Å². The van der Waals surface area contributed by atoms with E-state index in [0.717, 1.165) is 28.8 Å². The van der Waals surface area contributed by atoms with Gasteiger partial charge in [-0.15, -0.1) is 0 Å². The fourth-order valence-corrected chi connectivity index (χ4v) is 3.14. The highest BCUT2D eigenvalue weighted by atomic mass is 19.1. The van der Waals surface area contributed by atoms with Gasteiger partial charge in [-0.3, -0.25) is 4.79 Å². The van der Waals surface area contributed by atoms with Crippen LogP contribution in [0, 0.1) is 11.6 Å². The van der Waals surface area contributed by atoms with Gasteiger partial charge in [-0.05, 0) is 28.8 Å². The summed E-state index contributed by atoms with van der Waals surface area (Å²) < 4.78 is 32.3. The maximum atomic E-state index is 13.8. The fraction of sp³-hybridized carbons (Fsp3) is 0.167. The Morgan fingerprint density at radius 2 is 1.47 bits per heavy atom. The molecule has 6 heteroatoms. The Morgan fingerprint density at radius 1 is 0.867 bits per heavy atom. The number of amides is 1. The highest BCUT2D eigenvalue weighted by molar-refractivity contribution is 5.86. The number of hydrogen-bond donors (Lipinski definition) is 1. The highest BCUT2D eigenvalue weighted by Crippen LogP contribution is 2.20. The Bertz CT molecular complexity index is 1000. The molecule has 3 aromatic carbocycles. The normalized spacial score (nSPS) is 11.6. The topological polar surface area (TPSA) is 55.4 Å². The summed E-state index contributed by atoms with van der Waals surface area (Å²) in [4.78, 5) is 24.5. The lowest BCUT2D eigenvalue weighted by Gasteiger charge is -2.17. The highest BCUT2D eigenvalue weighted by Gasteiger charge is 2.23. The Balaban J connectivity index is 1.70. The molecule has 0 saturated carbocycles. The van der Waals surface area contributed by atoms with Crippen LogP contribution in [-0.2, 0) is 27.2 Å². The van der Waals surface area contributed by atoms with E-state index in [1.165, 1.54) is 13.2 Å². The lowest BCUT2D eigenvalue weighted by atomic mass is 10.0. The monoisotopic (exact) mass is 409 g/mol. The molecule has 0 aliphatic rings. The summed E-state index contributed by atoms with van der Waals surface area (Å²) in [5, 5.41) is 2.52.